The van der Waals surface area contributed by atoms with Gasteiger partial charge in [-0.05, 0) is 36.4 Å². The highest BCUT2D eigenvalue weighted by Gasteiger charge is 2.11. The second-order valence-corrected chi connectivity index (χ2v) is 6.32. The van der Waals surface area contributed by atoms with Crippen molar-refractivity contribution in [1.29, 1.82) is 0 Å². The molecule has 0 saturated heterocycles. The first-order chi connectivity index (χ1) is 11.9. The Morgan fingerprint density at radius 1 is 0.917 bits per heavy atom. The lowest BCUT2D eigenvalue weighted by Gasteiger charge is -2.03. The van der Waals surface area contributed by atoms with Gasteiger partial charge >= 0.3 is 0 Å². The number of pyridine rings is 3. The van der Waals surface area contributed by atoms with E-state index in [1.807, 2.05) is 24.4 Å². The number of nitrogens with zero attached hydrogens (tertiary/aromatic N) is 5. The molecule has 5 nitrogen and oxygen atoms in total. The molecule has 0 radical (unpaired) electrons. The van der Waals surface area contributed by atoms with Gasteiger partial charge in [0.1, 0.15) is 6.33 Å². The standard InChI is InChI=1S/C18H11N5S/c1-4-17-20-11-21-23(17)9-13(1)14-10-24-16-3-2-15(22-18(14)16)12-5-7-19-8-6-12/h1-11H. The molecule has 6 heteroatoms. The third-order valence-electron chi connectivity index (χ3n) is 3.98. The van der Waals surface area contributed by atoms with Gasteiger partial charge in [0.25, 0.3) is 0 Å². The van der Waals surface area contributed by atoms with Gasteiger partial charge in [-0.15, -0.1) is 11.3 Å². The van der Waals surface area contributed by atoms with E-state index in [2.05, 4.69) is 38.6 Å². The van der Waals surface area contributed by atoms with Crippen molar-refractivity contribution in [2.75, 3.05) is 0 Å². The molecule has 0 spiro atoms. The maximum Gasteiger partial charge on any atom is 0.155 e. The SMILES string of the molecule is c1cc(-c2ccc3scc(-c4ccc5ncnn5c4)c3n2)ccn1. The van der Waals surface area contributed by atoms with Gasteiger partial charge in [0, 0.05) is 40.7 Å². The van der Waals surface area contributed by atoms with Crippen molar-refractivity contribution in [1.82, 2.24) is 24.6 Å². The molecule has 5 aromatic rings. The number of hydrogen-bond acceptors (Lipinski definition) is 5. The molecule has 0 fully saturated rings. The monoisotopic (exact) mass is 329 g/mol. The molecule has 0 amide bonds. The van der Waals surface area contributed by atoms with Gasteiger partial charge in [0.2, 0.25) is 0 Å². The van der Waals surface area contributed by atoms with Gasteiger partial charge in [-0.3, -0.25) is 4.98 Å². The minimum atomic E-state index is 0.837. The van der Waals surface area contributed by atoms with Crippen LogP contribution < -0.4 is 0 Å². The average molecular weight is 329 g/mol. The van der Waals surface area contributed by atoms with Crippen LogP contribution in [0.2, 0.25) is 0 Å². The van der Waals surface area contributed by atoms with E-state index < -0.39 is 0 Å². The first-order valence-corrected chi connectivity index (χ1v) is 8.35. The minimum Gasteiger partial charge on any atom is -0.265 e. The van der Waals surface area contributed by atoms with Crippen LogP contribution in [0.1, 0.15) is 0 Å². The molecule has 5 rings (SSSR count). The van der Waals surface area contributed by atoms with Crippen molar-refractivity contribution >= 4 is 27.2 Å². The van der Waals surface area contributed by atoms with E-state index in [9.17, 15) is 0 Å². The second kappa shape index (κ2) is 5.21. The summed E-state index contributed by atoms with van der Waals surface area (Å²) in [6, 6.07) is 12.2. The zero-order valence-corrected chi connectivity index (χ0v) is 13.3. The Labute approximate surface area is 141 Å². The molecule has 114 valence electrons. The molecule has 24 heavy (non-hydrogen) atoms. The van der Waals surface area contributed by atoms with E-state index in [-0.39, 0.29) is 0 Å². The lowest BCUT2D eigenvalue weighted by molar-refractivity contribution is 0.963. The van der Waals surface area contributed by atoms with Crippen LogP contribution in [-0.4, -0.2) is 24.6 Å². The fourth-order valence-electron chi connectivity index (χ4n) is 2.78. The summed E-state index contributed by atoms with van der Waals surface area (Å²) in [4.78, 5) is 13.1. The van der Waals surface area contributed by atoms with E-state index in [1.54, 1.807) is 34.6 Å². The number of thiophene rings is 1. The Kier molecular flexibility index (Phi) is 2.89. The fraction of sp³-hybridized carbons (Fsp3) is 0. The molecule has 5 heterocycles. The van der Waals surface area contributed by atoms with Crippen molar-refractivity contribution in [3.05, 3.63) is 66.7 Å². The molecular weight excluding hydrogens is 318 g/mol. The van der Waals surface area contributed by atoms with Gasteiger partial charge in [-0.2, -0.15) is 5.10 Å². The molecule has 0 saturated carbocycles. The molecule has 0 atom stereocenters. The van der Waals surface area contributed by atoms with E-state index in [0.29, 0.717) is 0 Å². The number of rotatable bonds is 2. The van der Waals surface area contributed by atoms with Crippen molar-refractivity contribution in [2.45, 2.75) is 0 Å². The summed E-state index contributed by atoms with van der Waals surface area (Å²) in [6.45, 7) is 0. The summed E-state index contributed by atoms with van der Waals surface area (Å²) in [5, 5.41) is 6.36. The Morgan fingerprint density at radius 2 is 1.83 bits per heavy atom. The lowest BCUT2D eigenvalue weighted by atomic mass is 10.1. The first kappa shape index (κ1) is 13.3. The van der Waals surface area contributed by atoms with Crippen molar-refractivity contribution < 1.29 is 0 Å². The molecule has 0 bridgehead atoms. The molecule has 0 unspecified atom stereocenters. The third kappa shape index (κ3) is 2.08. The first-order valence-electron chi connectivity index (χ1n) is 7.47. The summed E-state index contributed by atoms with van der Waals surface area (Å²) in [5.41, 5.74) is 6.06. The van der Waals surface area contributed by atoms with Crippen LogP contribution in [0, 0.1) is 0 Å². The number of aromatic nitrogens is 5. The average Bonchev–Trinajstić information content (AvgIpc) is 3.27. The minimum absolute atomic E-state index is 0.837. The van der Waals surface area contributed by atoms with E-state index in [4.69, 9.17) is 4.98 Å². The van der Waals surface area contributed by atoms with Crippen LogP contribution in [0.3, 0.4) is 0 Å². The molecule has 0 N–H and O–H groups in total. The highest BCUT2D eigenvalue weighted by molar-refractivity contribution is 7.17. The summed E-state index contributed by atoms with van der Waals surface area (Å²) < 4.78 is 2.95. The lowest BCUT2D eigenvalue weighted by Crippen LogP contribution is -1.89. The van der Waals surface area contributed by atoms with Crippen molar-refractivity contribution in [2.24, 2.45) is 0 Å². The van der Waals surface area contributed by atoms with Crippen molar-refractivity contribution in [3.8, 4) is 22.4 Å². The Morgan fingerprint density at radius 3 is 2.75 bits per heavy atom. The van der Waals surface area contributed by atoms with Crippen LogP contribution in [0.15, 0.2) is 66.7 Å². The van der Waals surface area contributed by atoms with Gasteiger partial charge in [-0.1, -0.05) is 0 Å². The van der Waals surface area contributed by atoms with Crippen molar-refractivity contribution in [3.63, 3.8) is 0 Å². The van der Waals surface area contributed by atoms with Gasteiger partial charge in [-0.25, -0.2) is 14.5 Å². The summed E-state index contributed by atoms with van der Waals surface area (Å²) in [7, 11) is 0. The van der Waals surface area contributed by atoms with Crippen LogP contribution in [0.4, 0.5) is 0 Å². The largest absolute Gasteiger partial charge is 0.265 e. The smallest absolute Gasteiger partial charge is 0.155 e. The van der Waals surface area contributed by atoms with Crippen LogP contribution >= 0.6 is 11.3 Å². The number of fused-ring (bicyclic) bond motifs is 2. The maximum absolute atomic E-state index is 4.89. The molecule has 0 aromatic carbocycles. The molecule has 5 aromatic heterocycles. The Hall–Kier alpha value is -3.12. The summed E-state index contributed by atoms with van der Waals surface area (Å²) in [6.07, 6.45) is 7.12. The van der Waals surface area contributed by atoms with Crippen LogP contribution in [0.5, 0.6) is 0 Å². The number of hydrogen-bond donors (Lipinski definition) is 0. The highest BCUT2D eigenvalue weighted by Crippen LogP contribution is 2.34. The Bertz CT molecular complexity index is 1160. The van der Waals surface area contributed by atoms with Gasteiger partial charge < -0.3 is 0 Å². The van der Waals surface area contributed by atoms with Gasteiger partial charge in [0.15, 0.2) is 5.65 Å². The van der Waals surface area contributed by atoms with E-state index in [0.717, 1.165) is 33.5 Å². The zero-order valence-electron chi connectivity index (χ0n) is 12.5. The maximum atomic E-state index is 4.89. The predicted octanol–water partition coefficient (Wildman–Crippen LogP) is 4.07. The quantitative estimate of drug-likeness (QED) is 0.490. The molecule has 0 aliphatic carbocycles. The van der Waals surface area contributed by atoms with E-state index in [1.165, 1.54) is 4.70 Å². The van der Waals surface area contributed by atoms with Crippen LogP contribution in [0.25, 0.3) is 38.2 Å². The molecular formula is C18H11N5S. The predicted molar refractivity (Wildman–Crippen MR) is 94.8 cm³/mol. The Balaban J connectivity index is 1.71. The zero-order chi connectivity index (χ0) is 15.9. The highest BCUT2D eigenvalue weighted by atomic mass is 32.1. The van der Waals surface area contributed by atoms with Crippen LogP contribution in [-0.2, 0) is 0 Å². The summed E-state index contributed by atoms with van der Waals surface area (Å²) >= 11 is 1.70. The normalized spacial score (nSPS) is 11.3. The second-order valence-electron chi connectivity index (χ2n) is 5.41. The third-order valence-corrected chi connectivity index (χ3v) is 4.92. The van der Waals surface area contributed by atoms with E-state index >= 15 is 0 Å². The summed E-state index contributed by atoms with van der Waals surface area (Å²) in [5.74, 6) is 0. The van der Waals surface area contributed by atoms with Gasteiger partial charge in [0.05, 0.1) is 15.9 Å². The topological polar surface area (TPSA) is 56.0 Å². The molecule has 0 aliphatic rings. The fourth-order valence-corrected chi connectivity index (χ4v) is 3.68. The molecule has 0 aliphatic heterocycles.